The van der Waals surface area contributed by atoms with Gasteiger partial charge in [-0.15, -0.1) is 0 Å². The van der Waals surface area contributed by atoms with E-state index in [9.17, 15) is 8.42 Å². The van der Waals surface area contributed by atoms with Gasteiger partial charge >= 0.3 is 0 Å². The maximum Gasteiger partial charge on any atom is 0.229 e. The monoisotopic (exact) mass is 501 g/mol. The molecule has 0 radical (unpaired) electrons. The first kappa shape index (κ1) is 21.1. The smallest absolute Gasteiger partial charge is 0.229 e. The Morgan fingerprint density at radius 3 is 2.55 bits per heavy atom. The number of fused-ring (bicyclic) bond motifs is 1. The molecule has 2 aromatic heterocycles. The van der Waals surface area contributed by atoms with Crippen molar-refractivity contribution in [2.45, 2.75) is 6.92 Å². The number of para-hydroxylation sites is 2. The van der Waals surface area contributed by atoms with Crippen LogP contribution in [0.2, 0.25) is 0 Å². The summed E-state index contributed by atoms with van der Waals surface area (Å²) in [7, 11) is -1.53. The van der Waals surface area contributed by atoms with Crippen LogP contribution in [-0.4, -0.2) is 34.4 Å². The number of nitrogens with zero attached hydrogens (tertiary/aromatic N) is 4. The first-order valence-corrected chi connectivity index (χ1v) is 11.9. The lowest BCUT2D eigenvalue weighted by molar-refractivity contribution is 0.607. The van der Waals surface area contributed by atoms with Gasteiger partial charge in [0.15, 0.2) is 0 Å². The second-order valence-corrected chi connectivity index (χ2v) is 9.66. The quantitative estimate of drug-likeness (QED) is 0.360. The van der Waals surface area contributed by atoms with E-state index in [1.165, 1.54) is 0 Å². The maximum absolute atomic E-state index is 11.7. The van der Waals surface area contributed by atoms with Crippen LogP contribution in [0.3, 0.4) is 0 Å². The van der Waals surface area contributed by atoms with Gasteiger partial charge in [0.25, 0.3) is 0 Å². The van der Waals surface area contributed by atoms with Crippen LogP contribution in [-0.2, 0) is 17.1 Å². The molecule has 4 aromatic rings. The molecule has 0 spiro atoms. The van der Waals surface area contributed by atoms with Gasteiger partial charge in [0.05, 0.1) is 33.8 Å². The molecule has 0 aliphatic heterocycles. The first-order valence-electron chi connectivity index (χ1n) is 9.25. The van der Waals surface area contributed by atoms with Crippen molar-refractivity contribution in [3.8, 4) is 0 Å². The number of halogens is 1. The molecule has 2 aromatic carbocycles. The number of rotatable bonds is 6. The highest BCUT2D eigenvalue weighted by molar-refractivity contribution is 9.10. The minimum atomic E-state index is -3.43. The van der Waals surface area contributed by atoms with Crippen LogP contribution in [0, 0.1) is 6.92 Å². The van der Waals surface area contributed by atoms with Crippen molar-refractivity contribution in [1.29, 1.82) is 0 Å². The first-order chi connectivity index (χ1) is 14.7. The molecule has 0 atom stereocenters. The van der Waals surface area contributed by atoms with Gasteiger partial charge in [0.2, 0.25) is 16.0 Å². The van der Waals surface area contributed by atoms with Gasteiger partial charge in [-0.05, 0) is 52.7 Å². The molecule has 9 nitrogen and oxygen atoms in total. The zero-order valence-electron chi connectivity index (χ0n) is 17.0. The van der Waals surface area contributed by atoms with Crippen LogP contribution >= 0.6 is 15.9 Å². The van der Waals surface area contributed by atoms with Crippen LogP contribution in [0.1, 0.15) is 5.56 Å². The summed E-state index contributed by atoms with van der Waals surface area (Å²) in [4.78, 5) is 8.87. The van der Waals surface area contributed by atoms with Crippen molar-refractivity contribution in [1.82, 2.24) is 19.7 Å². The second kappa shape index (κ2) is 8.16. The molecule has 0 bridgehead atoms. The summed E-state index contributed by atoms with van der Waals surface area (Å²) < 4.78 is 28.3. The highest BCUT2D eigenvalue weighted by Gasteiger charge is 2.12. The number of benzene rings is 2. The Bertz CT molecular complexity index is 1390. The minimum Gasteiger partial charge on any atom is -0.337 e. The van der Waals surface area contributed by atoms with Crippen LogP contribution in [0.5, 0.6) is 0 Å². The Morgan fingerprint density at radius 2 is 1.81 bits per heavy atom. The minimum absolute atomic E-state index is 0.389. The number of aromatic nitrogens is 4. The van der Waals surface area contributed by atoms with E-state index in [0.717, 1.165) is 28.4 Å². The van der Waals surface area contributed by atoms with Gasteiger partial charge < -0.3 is 10.6 Å². The van der Waals surface area contributed by atoms with Gasteiger partial charge in [-0.1, -0.05) is 12.1 Å². The molecule has 2 heterocycles. The maximum atomic E-state index is 11.7. The third-order valence-electron chi connectivity index (χ3n) is 4.55. The third kappa shape index (κ3) is 4.78. The molecule has 31 heavy (non-hydrogen) atoms. The molecule has 0 aliphatic rings. The molecular weight excluding hydrogens is 482 g/mol. The second-order valence-electron chi connectivity index (χ2n) is 7.05. The van der Waals surface area contributed by atoms with Crippen LogP contribution < -0.4 is 15.4 Å². The average molecular weight is 502 g/mol. The molecule has 160 valence electrons. The fourth-order valence-corrected chi connectivity index (χ4v) is 4.01. The highest BCUT2D eigenvalue weighted by Crippen LogP contribution is 2.30. The van der Waals surface area contributed by atoms with E-state index < -0.39 is 10.0 Å². The predicted octanol–water partition coefficient (Wildman–Crippen LogP) is 4.29. The number of aryl methyl sites for hydroxylation is 2. The molecule has 3 N–H and O–H groups in total. The van der Waals surface area contributed by atoms with Gasteiger partial charge in [-0.3, -0.25) is 9.40 Å². The third-order valence-corrected chi connectivity index (χ3v) is 5.72. The van der Waals surface area contributed by atoms with E-state index in [1.807, 2.05) is 37.0 Å². The van der Waals surface area contributed by atoms with Crippen molar-refractivity contribution in [2.75, 3.05) is 21.6 Å². The van der Waals surface area contributed by atoms with Gasteiger partial charge in [-0.2, -0.15) is 10.1 Å². The summed E-state index contributed by atoms with van der Waals surface area (Å²) in [5.41, 5.74) is 3.90. The summed E-state index contributed by atoms with van der Waals surface area (Å²) in [6.45, 7) is 2.02. The van der Waals surface area contributed by atoms with E-state index >= 15 is 0 Å². The summed E-state index contributed by atoms with van der Waals surface area (Å²) in [5.74, 6) is 0.874. The highest BCUT2D eigenvalue weighted by atomic mass is 79.9. The fourth-order valence-electron chi connectivity index (χ4n) is 3.15. The van der Waals surface area contributed by atoms with Gasteiger partial charge in [0, 0.05) is 24.3 Å². The topological polar surface area (TPSA) is 114 Å². The average Bonchev–Trinajstić information content (AvgIpc) is 3.06. The summed E-state index contributed by atoms with van der Waals surface area (Å²) in [5, 5.41) is 11.8. The number of nitrogens with one attached hydrogen (secondary N) is 3. The van der Waals surface area contributed by atoms with Crippen LogP contribution in [0.25, 0.3) is 10.9 Å². The van der Waals surface area contributed by atoms with E-state index in [4.69, 9.17) is 0 Å². The zero-order chi connectivity index (χ0) is 22.2. The largest absolute Gasteiger partial charge is 0.337 e. The predicted molar refractivity (Wildman–Crippen MR) is 127 cm³/mol. The molecule has 0 aliphatic carbocycles. The molecule has 11 heteroatoms. The molecule has 0 amide bonds. The Hall–Kier alpha value is -3.18. The zero-order valence-corrected chi connectivity index (χ0v) is 19.4. The summed E-state index contributed by atoms with van der Waals surface area (Å²) in [6.07, 6.45) is 4.57. The Morgan fingerprint density at radius 1 is 1.06 bits per heavy atom. The van der Waals surface area contributed by atoms with E-state index in [2.05, 4.69) is 46.4 Å². The summed E-state index contributed by atoms with van der Waals surface area (Å²) >= 11 is 3.44. The number of hydrogen-bond donors (Lipinski definition) is 3. The Kier molecular flexibility index (Phi) is 5.54. The van der Waals surface area contributed by atoms with Gasteiger partial charge in [-0.25, -0.2) is 13.4 Å². The van der Waals surface area contributed by atoms with Gasteiger partial charge in [0.1, 0.15) is 5.82 Å². The summed E-state index contributed by atoms with van der Waals surface area (Å²) in [6, 6.07) is 11.0. The lowest BCUT2D eigenvalue weighted by Crippen LogP contribution is -2.11. The van der Waals surface area contributed by atoms with Crippen molar-refractivity contribution in [2.24, 2.45) is 7.05 Å². The number of sulfonamides is 1. The molecule has 0 unspecified atom stereocenters. The van der Waals surface area contributed by atoms with Crippen LogP contribution in [0.4, 0.5) is 28.8 Å². The van der Waals surface area contributed by atoms with E-state index in [1.54, 1.807) is 30.5 Å². The molecule has 0 saturated carbocycles. The Labute approximate surface area is 188 Å². The number of anilines is 5. The van der Waals surface area contributed by atoms with Crippen molar-refractivity contribution < 1.29 is 8.42 Å². The number of hydrogen-bond acceptors (Lipinski definition) is 7. The molecule has 4 rings (SSSR count). The molecule has 0 saturated heterocycles. The molecule has 0 fully saturated rings. The Balaban J connectivity index is 1.64. The standard InChI is InChI=1S/C20H20BrN7O2S/c1-12-8-13(9-18-14(12)10-23-28(18)2)24-20-22-11-15(21)19(26-20)25-16-6-4-5-7-17(16)27-31(3,29)30/h4-11,27H,1-3H3,(H2,22,24,25,26). The van der Waals surface area contributed by atoms with E-state index in [0.29, 0.717) is 27.6 Å². The van der Waals surface area contributed by atoms with Crippen molar-refractivity contribution in [3.63, 3.8) is 0 Å². The fraction of sp³-hybridized carbons (Fsp3) is 0.150. The van der Waals surface area contributed by atoms with Crippen molar-refractivity contribution >= 4 is 65.7 Å². The van der Waals surface area contributed by atoms with Crippen LogP contribution in [0.15, 0.2) is 53.3 Å². The SMILES string of the molecule is Cc1cc(Nc2ncc(Br)c(Nc3ccccc3NS(C)(=O)=O)n2)cc2c1cnn2C. The van der Waals surface area contributed by atoms with Crippen molar-refractivity contribution in [3.05, 3.63) is 58.8 Å². The normalized spacial score (nSPS) is 11.5. The van der Waals surface area contributed by atoms with E-state index in [-0.39, 0.29) is 0 Å². The molecular formula is C20H20BrN7O2S. The lowest BCUT2D eigenvalue weighted by atomic mass is 10.1. The lowest BCUT2D eigenvalue weighted by Gasteiger charge is -2.14.